The number of nitrogens with two attached hydrogens (primary N) is 1. The lowest BCUT2D eigenvalue weighted by molar-refractivity contribution is 0.0994. The number of nitrogens with one attached hydrogen (secondary N) is 1. The third-order valence-corrected chi connectivity index (χ3v) is 2.90. The number of hydrogen-bond acceptors (Lipinski definition) is 3. The van der Waals surface area contributed by atoms with Crippen molar-refractivity contribution in [2.45, 2.75) is 19.8 Å². The average molecular weight is 257 g/mol. The number of hydrogen-bond donors (Lipinski definition) is 2. The minimum Gasteiger partial charge on any atom is -0.364 e. The average Bonchev–Trinajstić information content (AvgIpc) is 2.62. The summed E-state index contributed by atoms with van der Waals surface area (Å²) in [5.41, 5.74) is 6.30. The lowest BCUT2D eigenvalue weighted by Crippen LogP contribution is -2.24. The van der Waals surface area contributed by atoms with Gasteiger partial charge in [-0.05, 0) is 13.3 Å². The summed E-state index contributed by atoms with van der Waals surface area (Å²) in [6.45, 7) is 1.53. The molecule has 0 atom stereocenters. The molecule has 1 aliphatic rings. The van der Waals surface area contributed by atoms with Crippen molar-refractivity contribution in [3.8, 4) is 0 Å². The molecule has 5 heteroatoms. The van der Waals surface area contributed by atoms with E-state index in [4.69, 9.17) is 5.73 Å². The van der Waals surface area contributed by atoms with Crippen molar-refractivity contribution in [2.75, 3.05) is 0 Å². The number of rotatable bonds is 3. The van der Waals surface area contributed by atoms with Gasteiger partial charge in [0, 0.05) is 12.0 Å². The van der Waals surface area contributed by atoms with Crippen molar-refractivity contribution in [1.82, 2.24) is 9.97 Å². The summed E-state index contributed by atoms with van der Waals surface area (Å²) in [5, 5.41) is 0. The van der Waals surface area contributed by atoms with Gasteiger partial charge in [-0.15, -0.1) is 0 Å². The summed E-state index contributed by atoms with van der Waals surface area (Å²) in [6.07, 6.45) is 11.1. The number of amides is 1. The van der Waals surface area contributed by atoms with Gasteiger partial charge in [-0.25, -0.2) is 4.98 Å². The van der Waals surface area contributed by atoms with E-state index in [1.807, 2.05) is 30.4 Å². The van der Waals surface area contributed by atoms with E-state index in [9.17, 15) is 9.59 Å². The molecule has 1 aromatic rings. The second-order valence-corrected chi connectivity index (χ2v) is 4.37. The molecular formula is C14H15N3O2. The summed E-state index contributed by atoms with van der Waals surface area (Å²) in [6, 6.07) is 0. The molecule has 0 fully saturated rings. The van der Waals surface area contributed by atoms with Crippen LogP contribution in [0.25, 0.3) is 0 Å². The van der Waals surface area contributed by atoms with Crippen LogP contribution in [0.3, 0.4) is 0 Å². The second kappa shape index (κ2) is 5.48. The van der Waals surface area contributed by atoms with Crippen LogP contribution in [0, 0.1) is 6.92 Å². The monoisotopic (exact) mass is 257 g/mol. The van der Waals surface area contributed by atoms with Gasteiger partial charge >= 0.3 is 0 Å². The molecule has 0 saturated carbocycles. The molecule has 19 heavy (non-hydrogen) atoms. The molecule has 0 spiro atoms. The highest BCUT2D eigenvalue weighted by Crippen LogP contribution is 2.12. The fourth-order valence-electron chi connectivity index (χ4n) is 1.87. The van der Waals surface area contributed by atoms with Gasteiger partial charge in [0.25, 0.3) is 11.5 Å². The van der Waals surface area contributed by atoms with Crippen molar-refractivity contribution in [2.24, 2.45) is 5.73 Å². The molecule has 0 radical (unpaired) electrons. The molecular weight excluding hydrogens is 242 g/mol. The number of primary amides is 1. The summed E-state index contributed by atoms with van der Waals surface area (Å²) in [4.78, 5) is 29.8. The number of H-pyrrole nitrogens is 1. The Kier molecular flexibility index (Phi) is 3.75. The van der Waals surface area contributed by atoms with Crippen LogP contribution >= 0.6 is 0 Å². The largest absolute Gasteiger partial charge is 0.364 e. The Morgan fingerprint density at radius 2 is 2.21 bits per heavy atom. The minimum absolute atomic E-state index is 0.0408. The molecule has 5 nitrogen and oxygen atoms in total. The molecule has 1 aliphatic carbocycles. The van der Waals surface area contributed by atoms with Crippen LogP contribution in [0.5, 0.6) is 0 Å². The Hall–Kier alpha value is -2.43. The van der Waals surface area contributed by atoms with Crippen molar-refractivity contribution in [3.63, 3.8) is 0 Å². The van der Waals surface area contributed by atoms with Crippen LogP contribution in [0.1, 0.15) is 28.3 Å². The fraction of sp³-hybridized carbons (Fsp3) is 0.214. The zero-order chi connectivity index (χ0) is 13.8. The van der Waals surface area contributed by atoms with Gasteiger partial charge in [0.1, 0.15) is 11.5 Å². The Morgan fingerprint density at radius 3 is 2.95 bits per heavy atom. The van der Waals surface area contributed by atoms with Crippen LogP contribution < -0.4 is 11.3 Å². The van der Waals surface area contributed by atoms with Crippen LogP contribution in [0.15, 0.2) is 40.7 Å². The topological polar surface area (TPSA) is 88.8 Å². The van der Waals surface area contributed by atoms with E-state index < -0.39 is 5.91 Å². The zero-order valence-electron chi connectivity index (χ0n) is 10.6. The van der Waals surface area contributed by atoms with E-state index in [2.05, 4.69) is 9.97 Å². The van der Waals surface area contributed by atoms with Gasteiger partial charge in [-0.3, -0.25) is 9.59 Å². The van der Waals surface area contributed by atoms with E-state index in [0.29, 0.717) is 12.2 Å². The number of carbonyl (C=O) groups is 1. The minimum atomic E-state index is -0.681. The van der Waals surface area contributed by atoms with Gasteiger partial charge in [0.2, 0.25) is 0 Å². The highest BCUT2D eigenvalue weighted by Gasteiger charge is 2.12. The van der Waals surface area contributed by atoms with Crippen LogP contribution in [0.4, 0.5) is 0 Å². The number of allylic oxidation sites excluding steroid dienone is 6. The lowest BCUT2D eigenvalue weighted by Gasteiger charge is -2.06. The standard InChI is InChI=1S/C14H15N3O2/c1-9-12(13(15)18)16-11(17-14(9)19)8-10-6-4-2-3-5-7-10/h2-6H,7-8H2,1H3,(H2,15,18)(H,16,17,19). The molecule has 0 bridgehead atoms. The van der Waals surface area contributed by atoms with Gasteiger partial charge in [-0.1, -0.05) is 36.0 Å². The number of carbonyl (C=O) groups excluding carboxylic acids is 1. The molecule has 0 saturated heterocycles. The van der Waals surface area contributed by atoms with Crippen molar-refractivity contribution < 1.29 is 4.79 Å². The molecule has 2 rings (SSSR count). The smallest absolute Gasteiger partial charge is 0.267 e. The predicted molar refractivity (Wildman–Crippen MR) is 72.8 cm³/mol. The zero-order valence-corrected chi connectivity index (χ0v) is 10.6. The molecule has 3 N–H and O–H groups in total. The first kappa shape index (κ1) is 13.0. The van der Waals surface area contributed by atoms with Crippen molar-refractivity contribution >= 4 is 5.91 Å². The van der Waals surface area contributed by atoms with Crippen molar-refractivity contribution in [1.29, 1.82) is 0 Å². The normalized spacial score (nSPS) is 14.1. The predicted octanol–water partition coefficient (Wildman–Crippen LogP) is 1.16. The van der Waals surface area contributed by atoms with Gasteiger partial charge in [-0.2, -0.15) is 0 Å². The molecule has 1 amide bonds. The molecule has 98 valence electrons. The Balaban J connectivity index is 2.33. The Bertz CT molecular complexity index is 651. The molecule has 0 aromatic carbocycles. The maximum atomic E-state index is 11.7. The third kappa shape index (κ3) is 3.07. The van der Waals surface area contributed by atoms with E-state index >= 15 is 0 Å². The Labute approximate surface area is 110 Å². The number of nitrogens with zero attached hydrogens (tertiary/aromatic N) is 1. The van der Waals surface area contributed by atoms with Crippen LogP contribution in [-0.4, -0.2) is 15.9 Å². The van der Waals surface area contributed by atoms with Crippen LogP contribution in [0.2, 0.25) is 0 Å². The fourth-order valence-corrected chi connectivity index (χ4v) is 1.87. The lowest BCUT2D eigenvalue weighted by atomic mass is 10.1. The number of aromatic nitrogens is 2. The molecule has 0 aliphatic heterocycles. The molecule has 1 heterocycles. The summed E-state index contributed by atoms with van der Waals surface area (Å²) >= 11 is 0. The van der Waals surface area contributed by atoms with Gasteiger partial charge in [0.05, 0.1) is 0 Å². The molecule has 0 unspecified atom stereocenters. The van der Waals surface area contributed by atoms with Gasteiger partial charge < -0.3 is 10.7 Å². The first-order valence-electron chi connectivity index (χ1n) is 5.99. The van der Waals surface area contributed by atoms with Gasteiger partial charge in [0.15, 0.2) is 0 Å². The van der Waals surface area contributed by atoms with Crippen LogP contribution in [-0.2, 0) is 6.42 Å². The maximum absolute atomic E-state index is 11.7. The summed E-state index contributed by atoms with van der Waals surface area (Å²) in [7, 11) is 0. The van der Waals surface area contributed by atoms with Crippen molar-refractivity contribution in [3.05, 3.63) is 63.4 Å². The summed E-state index contributed by atoms with van der Waals surface area (Å²) < 4.78 is 0. The quantitative estimate of drug-likeness (QED) is 0.851. The van der Waals surface area contributed by atoms with E-state index in [1.165, 1.54) is 6.92 Å². The molecule has 1 aromatic heterocycles. The highest BCUT2D eigenvalue weighted by molar-refractivity contribution is 5.92. The Morgan fingerprint density at radius 1 is 1.42 bits per heavy atom. The summed E-state index contributed by atoms with van der Waals surface area (Å²) in [5.74, 6) is -0.223. The third-order valence-electron chi connectivity index (χ3n) is 2.90. The van der Waals surface area contributed by atoms with E-state index in [-0.39, 0.29) is 16.8 Å². The highest BCUT2D eigenvalue weighted by atomic mass is 16.1. The van der Waals surface area contributed by atoms with E-state index in [0.717, 1.165) is 12.0 Å². The SMILES string of the molecule is Cc1c(C(N)=O)nc(CC2=CC=CC=CC2)[nH]c1=O. The first-order chi connectivity index (χ1) is 9.08. The maximum Gasteiger partial charge on any atom is 0.267 e. The second-order valence-electron chi connectivity index (χ2n) is 4.37. The van der Waals surface area contributed by atoms with E-state index in [1.54, 1.807) is 0 Å². The number of aromatic amines is 1. The first-order valence-corrected chi connectivity index (χ1v) is 5.99.